The summed E-state index contributed by atoms with van der Waals surface area (Å²) >= 11 is 0. The standard InChI is InChI=1S/C15H23NO2/c1-4-12-7-6-10-16(12)13-8-5-9-14(18-3)15(13)11(2)17/h5,8-9,11-12,17H,4,6-7,10H2,1-3H3/t11-,12?/m0/s1. The number of benzene rings is 1. The highest BCUT2D eigenvalue weighted by molar-refractivity contribution is 5.61. The normalized spacial score (nSPS) is 21.1. The molecule has 0 spiro atoms. The first-order valence-electron chi connectivity index (χ1n) is 6.80. The molecule has 1 heterocycles. The Kier molecular flexibility index (Phi) is 4.12. The summed E-state index contributed by atoms with van der Waals surface area (Å²) in [6.07, 6.45) is 3.12. The maximum Gasteiger partial charge on any atom is 0.126 e. The summed E-state index contributed by atoms with van der Waals surface area (Å²) in [7, 11) is 1.66. The van der Waals surface area contributed by atoms with E-state index in [4.69, 9.17) is 4.74 Å². The molecule has 0 amide bonds. The molecule has 0 radical (unpaired) electrons. The number of rotatable bonds is 4. The van der Waals surface area contributed by atoms with Crippen molar-refractivity contribution in [2.45, 2.75) is 45.3 Å². The molecule has 0 aliphatic carbocycles. The molecule has 2 rings (SSSR count). The summed E-state index contributed by atoms with van der Waals surface area (Å²) in [5.41, 5.74) is 2.05. The molecule has 3 heteroatoms. The first-order chi connectivity index (χ1) is 8.69. The molecule has 100 valence electrons. The van der Waals surface area contributed by atoms with Gasteiger partial charge in [-0.25, -0.2) is 0 Å². The molecule has 1 aliphatic heterocycles. The van der Waals surface area contributed by atoms with E-state index in [9.17, 15) is 5.11 Å². The van der Waals surface area contributed by atoms with Gasteiger partial charge in [0.25, 0.3) is 0 Å². The smallest absolute Gasteiger partial charge is 0.126 e. The number of aliphatic hydroxyl groups is 1. The number of hydrogen-bond acceptors (Lipinski definition) is 3. The second-order valence-corrected chi connectivity index (χ2v) is 4.97. The van der Waals surface area contributed by atoms with Crippen molar-refractivity contribution in [3.8, 4) is 5.75 Å². The van der Waals surface area contributed by atoms with Gasteiger partial charge in [-0.2, -0.15) is 0 Å². The highest BCUT2D eigenvalue weighted by atomic mass is 16.5. The minimum atomic E-state index is -0.505. The topological polar surface area (TPSA) is 32.7 Å². The molecule has 0 bridgehead atoms. The summed E-state index contributed by atoms with van der Waals surface area (Å²) in [4.78, 5) is 2.42. The summed E-state index contributed by atoms with van der Waals surface area (Å²) in [5.74, 6) is 0.782. The maximum absolute atomic E-state index is 10.0. The minimum Gasteiger partial charge on any atom is -0.496 e. The van der Waals surface area contributed by atoms with Gasteiger partial charge in [-0.15, -0.1) is 0 Å². The van der Waals surface area contributed by atoms with Gasteiger partial charge in [0.1, 0.15) is 5.75 Å². The molecule has 1 aliphatic rings. The van der Waals surface area contributed by atoms with Crippen molar-refractivity contribution >= 4 is 5.69 Å². The number of nitrogens with zero attached hydrogens (tertiary/aromatic N) is 1. The van der Waals surface area contributed by atoms with E-state index in [-0.39, 0.29) is 0 Å². The summed E-state index contributed by atoms with van der Waals surface area (Å²) in [6, 6.07) is 6.61. The molecule has 1 aromatic rings. The largest absolute Gasteiger partial charge is 0.496 e. The van der Waals surface area contributed by atoms with Gasteiger partial charge in [-0.1, -0.05) is 13.0 Å². The fourth-order valence-electron chi connectivity index (χ4n) is 2.96. The predicted molar refractivity (Wildman–Crippen MR) is 74.3 cm³/mol. The van der Waals surface area contributed by atoms with E-state index >= 15 is 0 Å². The maximum atomic E-state index is 10.0. The van der Waals surface area contributed by atoms with Crippen LogP contribution in [0.2, 0.25) is 0 Å². The van der Waals surface area contributed by atoms with Crippen molar-refractivity contribution < 1.29 is 9.84 Å². The van der Waals surface area contributed by atoms with Crippen LogP contribution in [0.25, 0.3) is 0 Å². The molecular formula is C15H23NO2. The SMILES string of the molecule is CCC1CCCN1c1cccc(OC)c1[C@H](C)O. The van der Waals surface area contributed by atoms with E-state index in [1.807, 2.05) is 12.1 Å². The van der Waals surface area contributed by atoms with Gasteiger partial charge in [0, 0.05) is 23.8 Å². The van der Waals surface area contributed by atoms with Gasteiger partial charge < -0.3 is 14.7 Å². The van der Waals surface area contributed by atoms with E-state index < -0.39 is 6.10 Å². The second kappa shape index (κ2) is 5.61. The highest BCUT2D eigenvalue weighted by Crippen LogP contribution is 2.38. The van der Waals surface area contributed by atoms with Gasteiger partial charge in [0.15, 0.2) is 0 Å². The molecular weight excluding hydrogens is 226 g/mol. The summed E-state index contributed by atoms with van der Waals surface area (Å²) in [5, 5.41) is 10.0. The number of hydrogen-bond donors (Lipinski definition) is 1. The Morgan fingerprint density at radius 3 is 2.89 bits per heavy atom. The average Bonchev–Trinajstić information content (AvgIpc) is 2.85. The van der Waals surface area contributed by atoms with E-state index in [2.05, 4.69) is 17.9 Å². The van der Waals surface area contributed by atoms with Gasteiger partial charge in [-0.05, 0) is 38.3 Å². The third-order valence-electron chi connectivity index (χ3n) is 3.84. The minimum absolute atomic E-state index is 0.505. The quantitative estimate of drug-likeness (QED) is 0.890. The third-order valence-corrected chi connectivity index (χ3v) is 3.84. The Morgan fingerprint density at radius 2 is 2.28 bits per heavy atom. The van der Waals surface area contributed by atoms with E-state index in [1.54, 1.807) is 14.0 Å². The van der Waals surface area contributed by atoms with Gasteiger partial charge in [-0.3, -0.25) is 0 Å². The highest BCUT2D eigenvalue weighted by Gasteiger charge is 2.27. The lowest BCUT2D eigenvalue weighted by atomic mass is 10.0. The molecule has 0 saturated carbocycles. The van der Waals surface area contributed by atoms with Crippen LogP contribution in [-0.4, -0.2) is 24.8 Å². The van der Waals surface area contributed by atoms with E-state index in [0.29, 0.717) is 6.04 Å². The lowest BCUT2D eigenvalue weighted by Crippen LogP contribution is -2.29. The second-order valence-electron chi connectivity index (χ2n) is 4.97. The van der Waals surface area contributed by atoms with Crippen LogP contribution < -0.4 is 9.64 Å². The van der Waals surface area contributed by atoms with Gasteiger partial charge in [0.2, 0.25) is 0 Å². The number of ether oxygens (including phenoxy) is 1. The molecule has 1 unspecified atom stereocenters. The van der Waals surface area contributed by atoms with Crippen molar-refractivity contribution in [2.75, 3.05) is 18.6 Å². The van der Waals surface area contributed by atoms with Crippen molar-refractivity contribution in [2.24, 2.45) is 0 Å². The van der Waals surface area contributed by atoms with Gasteiger partial charge in [0.05, 0.1) is 13.2 Å². The average molecular weight is 249 g/mol. The monoisotopic (exact) mass is 249 g/mol. The molecule has 3 nitrogen and oxygen atoms in total. The zero-order valence-electron chi connectivity index (χ0n) is 11.5. The Balaban J connectivity index is 2.43. The number of methoxy groups -OCH3 is 1. The first kappa shape index (κ1) is 13.2. The Morgan fingerprint density at radius 1 is 1.50 bits per heavy atom. The van der Waals surface area contributed by atoms with E-state index in [0.717, 1.165) is 30.0 Å². The summed E-state index contributed by atoms with van der Waals surface area (Å²) in [6.45, 7) is 5.11. The Hall–Kier alpha value is -1.22. The summed E-state index contributed by atoms with van der Waals surface area (Å²) < 4.78 is 5.39. The van der Waals surface area contributed by atoms with Crippen LogP contribution >= 0.6 is 0 Å². The number of aliphatic hydroxyl groups excluding tert-OH is 1. The van der Waals surface area contributed by atoms with Crippen LogP contribution in [0, 0.1) is 0 Å². The fourth-order valence-corrected chi connectivity index (χ4v) is 2.96. The molecule has 1 aromatic carbocycles. The molecule has 1 saturated heterocycles. The lowest BCUT2D eigenvalue weighted by molar-refractivity contribution is 0.194. The Bertz CT molecular complexity index is 403. The zero-order valence-corrected chi connectivity index (χ0v) is 11.5. The van der Waals surface area contributed by atoms with Gasteiger partial charge >= 0.3 is 0 Å². The van der Waals surface area contributed by atoms with Crippen LogP contribution in [-0.2, 0) is 0 Å². The molecule has 18 heavy (non-hydrogen) atoms. The Labute approximate surface area is 109 Å². The van der Waals surface area contributed by atoms with Crippen molar-refractivity contribution in [3.05, 3.63) is 23.8 Å². The van der Waals surface area contributed by atoms with Crippen molar-refractivity contribution in [3.63, 3.8) is 0 Å². The number of anilines is 1. The van der Waals surface area contributed by atoms with E-state index in [1.165, 1.54) is 12.8 Å². The predicted octanol–water partition coefficient (Wildman–Crippen LogP) is 3.13. The lowest BCUT2D eigenvalue weighted by Gasteiger charge is -2.29. The third kappa shape index (κ3) is 2.32. The van der Waals surface area contributed by atoms with Crippen LogP contribution in [0.4, 0.5) is 5.69 Å². The molecule has 1 fully saturated rings. The van der Waals surface area contributed by atoms with Crippen LogP contribution in [0.3, 0.4) is 0 Å². The molecule has 1 N–H and O–H groups in total. The first-order valence-corrected chi connectivity index (χ1v) is 6.80. The zero-order chi connectivity index (χ0) is 13.1. The van der Waals surface area contributed by atoms with Crippen molar-refractivity contribution in [1.82, 2.24) is 0 Å². The fraction of sp³-hybridized carbons (Fsp3) is 0.600. The molecule has 0 aromatic heterocycles. The van der Waals surface area contributed by atoms with Crippen LogP contribution in [0.5, 0.6) is 5.75 Å². The molecule has 2 atom stereocenters. The van der Waals surface area contributed by atoms with Crippen LogP contribution in [0.15, 0.2) is 18.2 Å². The van der Waals surface area contributed by atoms with Crippen molar-refractivity contribution in [1.29, 1.82) is 0 Å². The van der Waals surface area contributed by atoms with Crippen LogP contribution in [0.1, 0.15) is 44.8 Å².